The number of rotatable bonds is 0. The number of aromatic nitrogens is 1. The van der Waals surface area contributed by atoms with Gasteiger partial charge in [-0.3, -0.25) is 0 Å². The van der Waals surface area contributed by atoms with Crippen molar-refractivity contribution in [3.63, 3.8) is 0 Å². The molecule has 54 valence electrons. The first-order chi connectivity index (χ1) is 4.61. The monoisotopic (exact) mass is 241 g/mol. The molecule has 0 saturated heterocycles. The lowest BCUT2D eigenvalue weighted by Crippen LogP contribution is -1.78. The summed E-state index contributed by atoms with van der Waals surface area (Å²) in [5.74, 6) is -0.224. The third-order valence-corrected chi connectivity index (χ3v) is 2.27. The minimum Gasteiger partial charge on any atom is -0.492 e. The fourth-order valence-electron chi connectivity index (χ4n) is 0.435. The normalized spacial score (nSPS) is 9.90. The maximum absolute atomic E-state index is 8.89. The third-order valence-electron chi connectivity index (χ3n) is 0.868. The first kappa shape index (κ1) is 8.11. The minimum absolute atomic E-state index is 0.146. The van der Waals surface area contributed by atoms with Gasteiger partial charge in [0.2, 0.25) is 5.88 Å². The van der Waals surface area contributed by atoms with Gasteiger partial charge in [0, 0.05) is 0 Å². The number of halogens is 3. The molecule has 1 aromatic rings. The molecule has 0 unspecified atom stereocenters. The van der Waals surface area contributed by atoms with Crippen LogP contribution in [-0.2, 0) is 0 Å². The van der Waals surface area contributed by atoms with Crippen LogP contribution in [0.1, 0.15) is 0 Å². The van der Waals surface area contributed by atoms with Gasteiger partial charge in [0.15, 0.2) is 0 Å². The van der Waals surface area contributed by atoms with Crippen LogP contribution in [0.2, 0.25) is 10.0 Å². The van der Waals surface area contributed by atoms with Gasteiger partial charge in [-0.05, 0) is 22.0 Å². The lowest BCUT2D eigenvalue weighted by molar-refractivity contribution is 0.452. The molecule has 0 radical (unpaired) electrons. The fourth-order valence-corrected chi connectivity index (χ4v) is 1.08. The van der Waals surface area contributed by atoms with E-state index in [9.17, 15) is 0 Å². The molecule has 0 atom stereocenters. The topological polar surface area (TPSA) is 33.1 Å². The maximum atomic E-state index is 8.89. The summed E-state index contributed by atoms with van der Waals surface area (Å²) >= 11 is 14.1. The first-order valence-corrected chi connectivity index (χ1v) is 3.86. The van der Waals surface area contributed by atoms with E-state index in [1.807, 2.05) is 0 Å². The first-order valence-electron chi connectivity index (χ1n) is 2.32. The molecule has 1 rings (SSSR count). The number of nitrogens with zero attached hydrogens (tertiary/aromatic N) is 1. The molecule has 0 bridgehead atoms. The largest absolute Gasteiger partial charge is 0.492 e. The van der Waals surface area contributed by atoms with Crippen molar-refractivity contribution in [1.29, 1.82) is 0 Å². The zero-order valence-electron chi connectivity index (χ0n) is 4.61. The third kappa shape index (κ3) is 1.54. The quantitative estimate of drug-likeness (QED) is 0.710. The highest BCUT2D eigenvalue weighted by atomic mass is 79.9. The Morgan fingerprint density at radius 3 is 2.50 bits per heavy atom. The van der Waals surface area contributed by atoms with Crippen LogP contribution in [0.4, 0.5) is 0 Å². The lowest BCUT2D eigenvalue weighted by atomic mass is 10.5. The molecule has 0 spiro atoms. The van der Waals surface area contributed by atoms with E-state index in [0.717, 1.165) is 0 Å². The predicted octanol–water partition coefficient (Wildman–Crippen LogP) is 2.86. The van der Waals surface area contributed by atoms with Crippen molar-refractivity contribution < 1.29 is 5.11 Å². The van der Waals surface area contributed by atoms with E-state index in [0.29, 0.717) is 9.63 Å². The number of hydrogen-bond donors (Lipinski definition) is 1. The number of hydrogen-bond acceptors (Lipinski definition) is 2. The van der Waals surface area contributed by atoms with Gasteiger partial charge in [0.25, 0.3) is 0 Å². The molecule has 0 amide bonds. The summed E-state index contributed by atoms with van der Waals surface area (Å²) in [7, 11) is 0. The maximum Gasteiger partial charge on any atom is 0.231 e. The van der Waals surface area contributed by atoms with Gasteiger partial charge >= 0.3 is 0 Å². The minimum atomic E-state index is -0.224. The van der Waals surface area contributed by atoms with E-state index >= 15 is 0 Å². The second-order valence-corrected chi connectivity index (χ2v) is 3.13. The van der Waals surface area contributed by atoms with E-state index < -0.39 is 0 Å². The van der Waals surface area contributed by atoms with E-state index in [4.69, 9.17) is 28.3 Å². The van der Waals surface area contributed by atoms with Crippen molar-refractivity contribution in [3.05, 3.63) is 20.7 Å². The Morgan fingerprint density at radius 1 is 1.40 bits per heavy atom. The van der Waals surface area contributed by atoms with Gasteiger partial charge in [-0.25, -0.2) is 4.98 Å². The van der Waals surface area contributed by atoms with Gasteiger partial charge in [0.1, 0.15) is 9.63 Å². The molecule has 0 aliphatic carbocycles. The van der Waals surface area contributed by atoms with Crippen molar-refractivity contribution >= 4 is 39.1 Å². The molecule has 5 heteroatoms. The highest BCUT2D eigenvalue weighted by molar-refractivity contribution is 9.10. The smallest absolute Gasteiger partial charge is 0.231 e. The van der Waals surface area contributed by atoms with Gasteiger partial charge < -0.3 is 5.11 Å². The van der Waals surface area contributed by atoms with Crippen molar-refractivity contribution in [2.75, 3.05) is 0 Å². The Bertz CT molecular complexity index is 216. The number of pyridine rings is 1. The van der Waals surface area contributed by atoms with Crippen molar-refractivity contribution in [2.24, 2.45) is 0 Å². The summed E-state index contributed by atoms with van der Waals surface area (Å²) in [6.45, 7) is 0. The summed E-state index contributed by atoms with van der Waals surface area (Å²) in [5.41, 5.74) is 0. The molecule has 0 aliphatic heterocycles. The Morgan fingerprint density at radius 2 is 2.00 bits per heavy atom. The van der Waals surface area contributed by atoms with Crippen molar-refractivity contribution in [1.82, 2.24) is 4.98 Å². The highest BCUT2D eigenvalue weighted by Crippen LogP contribution is 2.29. The molecule has 2 nitrogen and oxygen atoms in total. The van der Waals surface area contributed by atoms with Crippen LogP contribution in [0.15, 0.2) is 10.7 Å². The SMILES string of the molecule is Oc1nc(Br)c(Cl)cc1Cl. The van der Waals surface area contributed by atoms with Crippen molar-refractivity contribution in [3.8, 4) is 5.88 Å². The molecule has 0 aliphatic rings. The Labute approximate surface area is 75.9 Å². The molecule has 1 N–H and O–H groups in total. The van der Waals surface area contributed by atoms with Crippen LogP contribution in [-0.4, -0.2) is 10.1 Å². The summed E-state index contributed by atoms with van der Waals surface area (Å²) in [6.07, 6.45) is 0. The summed E-state index contributed by atoms with van der Waals surface area (Å²) in [4.78, 5) is 3.58. The molecule has 0 fully saturated rings. The van der Waals surface area contributed by atoms with Gasteiger partial charge in [-0.1, -0.05) is 23.2 Å². The molecule has 1 aromatic heterocycles. The molecule has 0 aromatic carbocycles. The lowest BCUT2D eigenvalue weighted by Gasteiger charge is -1.97. The average molecular weight is 243 g/mol. The average Bonchev–Trinajstić information content (AvgIpc) is 1.84. The second-order valence-electron chi connectivity index (χ2n) is 1.57. The second kappa shape index (κ2) is 2.95. The Hall–Kier alpha value is 0.01000. The fraction of sp³-hybridized carbons (Fsp3) is 0. The molecular formula is C5H2BrCl2NO. The summed E-state index contributed by atoms with van der Waals surface area (Å²) < 4.78 is 0.385. The van der Waals surface area contributed by atoms with Crippen LogP contribution in [0, 0.1) is 0 Å². The zero-order valence-corrected chi connectivity index (χ0v) is 7.70. The predicted molar refractivity (Wildman–Crippen MR) is 43.6 cm³/mol. The van der Waals surface area contributed by atoms with E-state index in [1.165, 1.54) is 6.07 Å². The van der Waals surface area contributed by atoms with Crippen LogP contribution in [0.3, 0.4) is 0 Å². The van der Waals surface area contributed by atoms with E-state index in [1.54, 1.807) is 0 Å². The zero-order chi connectivity index (χ0) is 7.72. The van der Waals surface area contributed by atoms with Crippen LogP contribution in [0.25, 0.3) is 0 Å². The van der Waals surface area contributed by atoms with Crippen LogP contribution < -0.4 is 0 Å². The molecule has 10 heavy (non-hydrogen) atoms. The molecule has 1 heterocycles. The highest BCUT2D eigenvalue weighted by Gasteiger charge is 2.04. The van der Waals surface area contributed by atoms with Gasteiger partial charge in [-0.15, -0.1) is 0 Å². The van der Waals surface area contributed by atoms with Gasteiger partial charge in [0.05, 0.1) is 5.02 Å². The van der Waals surface area contributed by atoms with Crippen molar-refractivity contribution in [2.45, 2.75) is 0 Å². The standard InChI is InChI=1S/C5H2BrCl2NO/c6-4-2(7)1-3(8)5(10)9-4/h1H,(H,9,10). The Balaban J connectivity index is 3.28. The Kier molecular flexibility index (Phi) is 2.39. The van der Waals surface area contributed by atoms with E-state index in [-0.39, 0.29) is 10.9 Å². The molecular weight excluding hydrogens is 241 g/mol. The summed E-state index contributed by atoms with van der Waals surface area (Å²) in [5, 5.41) is 9.42. The van der Waals surface area contributed by atoms with E-state index in [2.05, 4.69) is 20.9 Å². The van der Waals surface area contributed by atoms with Gasteiger partial charge in [-0.2, -0.15) is 0 Å². The molecule has 0 saturated carbocycles. The summed E-state index contributed by atoms with van der Waals surface area (Å²) in [6, 6.07) is 1.41. The number of aromatic hydroxyl groups is 1. The van der Waals surface area contributed by atoms with Crippen LogP contribution in [0.5, 0.6) is 5.88 Å². The van der Waals surface area contributed by atoms with Crippen LogP contribution >= 0.6 is 39.1 Å².